The molecule has 3 rings (SSSR count). The van der Waals surface area contributed by atoms with Crippen LogP contribution in [0.2, 0.25) is 0 Å². The molecule has 1 atom stereocenters. The number of carbonyl (C=O) groups is 1. The van der Waals surface area contributed by atoms with E-state index in [2.05, 4.69) is 41.4 Å². The van der Waals surface area contributed by atoms with Gasteiger partial charge in [0.25, 0.3) is 5.91 Å². The zero-order chi connectivity index (χ0) is 19.1. The number of ether oxygens (including phenoxy) is 1. The number of rotatable bonds is 8. The fourth-order valence-corrected chi connectivity index (χ4v) is 3.71. The average Bonchev–Trinajstić information content (AvgIpc) is 3.23. The van der Waals surface area contributed by atoms with E-state index in [0.29, 0.717) is 24.5 Å². The third-order valence-electron chi connectivity index (χ3n) is 5.24. The second kappa shape index (κ2) is 9.56. The lowest BCUT2D eigenvalue weighted by Crippen LogP contribution is -2.37. The van der Waals surface area contributed by atoms with Crippen LogP contribution in [0.3, 0.4) is 0 Å². The summed E-state index contributed by atoms with van der Waals surface area (Å²) in [7, 11) is 0. The number of carbonyl (C=O) groups excluding carboxylic acids is 1. The van der Waals surface area contributed by atoms with E-state index in [1.807, 2.05) is 31.2 Å². The first-order valence-electron chi connectivity index (χ1n) is 10.1. The Hall–Kier alpha value is -2.33. The van der Waals surface area contributed by atoms with Crippen LogP contribution in [0.4, 0.5) is 0 Å². The molecular weight excluding hydrogens is 336 g/mol. The summed E-state index contributed by atoms with van der Waals surface area (Å²) in [4.78, 5) is 15.3. The van der Waals surface area contributed by atoms with E-state index in [1.54, 1.807) is 0 Å². The van der Waals surface area contributed by atoms with E-state index < -0.39 is 0 Å². The fourth-order valence-electron chi connectivity index (χ4n) is 3.71. The molecule has 4 heteroatoms. The molecule has 1 aliphatic heterocycles. The summed E-state index contributed by atoms with van der Waals surface area (Å²) < 4.78 is 5.60. The Bertz CT molecular complexity index is 736. The van der Waals surface area contributed by atoms with Crippen LogP contribution in [0.15, 0.2) is 48.5 Å². The molecule has 27 heavy (non-hydrogen) atoms. The van der Waals surface area contributed by atoms with E-state index >= 15 is 0 Å². The van der Waals surface area contributed by atoms with Crippen molar-refractivity contribution in [3.63, 3.8) is 0 Å². The molecule has 1 saturated heterocycles. The molecule has 144 valence electrons. The maximum Gasteiger partial charge on any atom is 0.255 e. The minimum atomic E-state index is -0.0755. The lowest BCUT2D eigenvalue weighted by molar-refractivity contribution is 0.0934. The minimum Gasteiger partial charge on any atom is -0.493 e. The van der Waals surface area contributed by atoms with Crippen LogP contribution in [-0.2, 0) is 6.42 Å². The van der Waals surface area contributed by atoms with Crippen LogP contribution in [-0.4, -0.2) is 37.0 Å². The summed E-state index contributed by atoms with van der Waals surface area (Å²) in [5.74, 6) is 0.566. The predicted octanol–water partition coefficient (Wildman–Crippen LogP) is 4.21. The first-order chi connectivity index (χ1) is 13.2. The van der Waals surface area contributed by atoms with Crippen LogP contribution in [0.25, 0.3) is 0 Å². The molecule has 1 amide bonds. The second-order valence-electron chi connectivity index (χ2n) is 6.99. The Labute approximate surface area is 162 Å². The molecule has 1 heterocycles. The molecule has 1 aliphatic rings. The van der Waals surface area contributed by atoms with Crippen molar-refractivity contribution >= 4 is 5.91 Å². The number of likely N-dealkylation sites (tertiary alicyclic amines) is 1. The largest absolute Gasteiger partial charge is 0.493 e. The minimum absolute atomic E-state index is 0.0755. The zero-order valence-electron chi connectivity index (χ0n) is 16.4. The normalized spacial score (nSPS) is 15.5. The highest BCUT2D eigenvalue weighted by atomic mass is 16.5. The molecule has 4 nitrogen and oxygen atoms in total. The number of amides is 1. The van der Waals surface area contributed by atoms with Crippen LogP contribution in [0, 0.1) is 0 Å². The highest BCUT2D eigenvalue weighted by Crippen LogP contribution is 2.25. The zero-order valence-corrected chi connectivity index (χ0v) is 16.4. The average molecular weight is 367 g/mol. The number of hydrogen-bond donors (Lipinski definition) is 1. The lowest BCUT2D eigenvalue weighted by Gasteiger charge is -2.28. The first kappa shape index (κ1) is 19.4. The Kier molecular flexibility index (Phi) is 6.88. The molecule has 0 saturated carbocycles. The van der Waals surface area contributed by atoms with Gasteiger partial charge in [0.1, 0.15) is 5.75 Å². The Morgan fingerprint density at radius 3 is 2.44 bits per heavy atom. The Morgan fingerprint density at radius 1 is 1.07 bits per heavy atom. The van der Waals surface area contributed by atoms with Gasteiger partial charge in [-0.15, -0.1) is 0 Å². The van der Waals surface area contributed by atoms with Gasteiger partial charge in [-0.3, -0.25) is 9.69 Å². The van der Waals surface area contributed by atoms with Crippen molar-refractivity contribution in [1.82, 2.24) is 10.2 Å². The molecular formula is C23H30N2O2. The van der Waals surface area contributed by atoms with Gasteiger partial charge in [0.05, 0.1) is 18.2 Å². The molecule has 0 radical (unpaired) electrons. The molecule has 0 bridgehead atoms. The predicted molar refractivity (Wildman–Crippen MR) is 109 cm³/mol. The maximum atomic E-state index is 12.8. The first-order valence-corrected chi connectivity index (χ1v) is 10.1. The third kappa shape index (κ3) is 4.89. The van der Waals surface area contributed by atoms with Crippen LogP contribution >= 0.6 is 0 Å². The monoisotopic (exact) mass is 366 g/mol. The van der Waals surface area contributed by atoms with Crippen molar-refractivity contribution in [2.75, 3.05) is 26.2 Å². The van der Waals surface area contributed by atoms with Gasteiger partial charge < -0.3 is 10.1 Å². The Morgan fingerprint density at radius 2 is 1.78 bits per heavy atom. The SMILES string of the molecule is CCOc1ccccc1C(=O)NCC(c1ccc(CC)cc1)N1CCCC1. The molecule has 1 unspecified atom stereocenters. The fraction of sp³-hybridized carbons (Fsp3) is 0.435. The van der Waals surface area contributed by atoms with Crippen molar-refractivity contribution in [2.24, 2.45) is 0 Å². The molecule has 2 aromatic carbocycles. The molecule has 2 aromatic rings. The number of hydrogen-bond acceptors (Lipinski definition) is 3. The van der Waals surface area contributed by atoms with Gasteiger partial charge in [-0.2, -0.15) is 0 Å². The quantitative estimate of drug-likeness (QED) is 0.761. The van der Waals surface area contributed by atoms with E-state index in [4.69, 9.17) is 4.74 Å². The Balaban J connectivity index is 1.73. The van der Waals surface area contributed by atoms with E-state index in [0.717, 1.165) is 19.5 Å². The second-order valence-corrected chi connectivity index (χ2v) is 6.99. The van der Waals surface area contributed by atoms with Crippen molar-refractivity contribution in [2.45, 2.75) is 39.2 Å². The van der Waals surface area contributed by atoms with E-state index in [9.17, 15) is 4.79 Å². The smallest absolute Gasteiger partial charge is 0.255 e. The molecule has 0 aliphatic carbocycles. The number of aryl methyl sites for hydroxylation is 1. The van der Waals surface area contributed by atoms with Gasteiger partial charge in [0.2, 0.25) is 0 Å². The van der Waals surface area contributed by atoms with Crippen LogP contribution in [0.5, 0.6) is 5.75 Å². The summed E-state index contributed by atoms with van der Waals surface area (Å²) in [5, 5.41) is 3.14. The topological polar surface area (TPSA) is 41.6 Å². The van der Waals surface area contributed by atoms with Gasteiger partial charge in [-0.25, -0.2) is 0 Å². The maximum absolute atomic E-state index is 12.8. The van der Waals surface area contributed by atoms with Crippen LogP contribution < -0.4 is 10.1 Å². The van der Waals surface area contributed by atoms with E-state index in [-0.39, 0.29) is 11.9 Å². The highest BCUT2D eigenvalue weighted by Gasteiger charge is 2.24. The van der Waals surface area contributed by atoms with Crippen molar-refractivity contribution in [3.05, 3.63) is 65.2 Å². The molecule has 1 fully saturated rings. The summed E-state index contributed by atoms with van der Waals surface area (Å²) in [6, 6.07) is 16.5. The summed E-state index contributed by atoms with van der Waals surface area (Å²) in [6.45, 7) is 7.42. The summed E-state index contributed by atoms with van der Waals surface area (Å²) in [5.41, 5.74) is 3.21. The summed E-state index contributed by atoms with van der Waals surface area (Å²) in [6.07, 6.45) is 3.49. The number of benzene rings is 2. The van der Waals surface area contributed by atoms with Crippen LogP contribution in [0.1, 0.15) is 54.2 Å². The molecule has 0 aromatic heterocycles. The number of para-hydroxylation sites is 1. The standard InChI is InChI=1S/C23H30N2O2/c1-3-18-11-13-19(14-12-18)21(25-15-7-8-16-25)17-24-23(26)20-9-5-6-10-22(20)27-4-2/h5-6,9-14,21H,3-4,7-8,15-17H2,1-2H3,(H,24,26). The van der Waals surface area contributed by atoms with Crippen molar-refractivity contribution in [1.29, 1.82) is 0 Å². The summed E-state index contributed by atoms with van der Waals surface area (Å²) >= 11 is 0. The van der Waals surface area contributed by atoms with Gasteiger partial charge >= 0.3 is 0 Å². The van der Waals surface area contributed by atoms with E-state index in [1.165, 1.54) is 24.0 Å². The van der Waals surface area contributed by atoms with Gasteiger partial charge in [0.15, 0.2) is 0 Å². The van der Waals surface area contributed by atoms with Gasteiger partial charge in [-0.05, 0) is 62.5 Å². The molecule has 0 spiro atoms. The number of nitrogens with one attached hydrogen (secondary N) is 1. The highest BCUT2D eigenvalue weighted by molar-refractivity contribution is 5.96. The third-order valence-corrected chi connectivity index (χ3v) is 5.24. The van der Waals surface area contributed by atoms with Crippen molar-refractivity contribution in [3.8, 4) is 5.75 Å². The van der Waals surface area contributed by atoms with Gasteiger partial charge in [-0.1, -0.05) is 43.3 Å². The van der Waals surface area contributed by atoms with Gasteiger partial charge in [0, 0.05) is 6.54 Å². The number of nitrogens with zero attached hydrogens (tertiary/aromatic N) is 1. The molecule has 1 N–H and O–H groups in total. The van der Waals surface area contributed by atoms with Crippen molar-refractivity contribution < 1.29 is 9.53 Å². The lowest BCUT2D eigenvalue weighted by atomic mass is 10.0.